The van der Waals surface area contributed by atoms with Crippen molar-refractivity contribution in [2.45, 2.75) is 13.8 Å². The Morgan fingerprint density at radius 3 is 1.96 bits per heavy atom. The second-order valence-electron chi connectivity index (χ2n) is 5.81. The van der Waals surface area contributed by atoms with Gasteiger partial charge in [0.15, 0.2) is 5.11 Å². The van der Waals surface area contributed by atoms with Crippen molar-refractivity contribution in [3.8, 4) is 17.2 Å². The SMILES string of the molecule is COc1cc(OC)c(NC(=S)Nc2cc(OC)c(NC(C)=O)cc2C)cc1Cl. The van der Waals surface area contributed by atoms with E-state index in [1.165, 1.54) is 21.1 Å². The summed E-state index contributed by atoms with van der Waals surface area (Å²) in [5.41, 5.74) is 2.77. The van der Waals surface area contributed by atoms with E-state index in [0.29, 0.717) is 38.8 Å². The van der Waals surface area contributed by atoms with E-state index >= 15 is 0 Å². The molecule has 0 spiro atoms. The highest BCUT2D eigenvalue weighted by Crippen LogP contribution is 2.36. The van der Waals surface area contributed by atoms with Gasteiger partial charge in [-0.05, 0) is 36.8 Å². The molecule has 2 aromatic rings. The third-order valence-electron chi connectivity index (χ3n) is 3.83. The third-order valence-corrected chi connectivity index (χ3v) is 4.33. The van der Waals surface area contributed by atoms with Gasteiger partial charge >= 0.3 is 0 Å². The molecule has 2 aromatic carbocycles. The smallest absolute Gasteiger partial charge is 0.221 e. The molecule has 0 radical (unpaired) electrons. The number of nitrogens with one attached hydrogen (secondary N) is 3. The first-order valence-electron chi connectivity index (χ1n) is 8.24. The van der Waals surface area contributed by atoms with Gasteiger partial charge in [-0.2, -0.15) is 0 Å². The number of aryl methyl sites for hydroxylation is 1. The Morgan fingerprint density at radius 1 is 0.857 bits per heavy atom. The van der Waals surface area contributed by atoms with Crippen LogP contribution in [0.3, 0.4) is 0 Å². The van der Waals surface area contributed by atoms with Crippen LogP contribution in [0.5, 0.6) is 17.2 Å². The predicted molar refractivity (Wildman–Crippen MR) is 116 cm³/mol. The zero-order valence-electron chi connectivity index (χ0n) is 16.2. The fourth-order valence-corrected chi connectivity index (χ4v) is 2.97. The quantitative estimate of drug-likeness (QED) is 0.592. The van der Waals surface area contributed by atoms with E-state index in [4.69, 9.17) is 38.0 Å². The molecule has 0 unspecified atom stereocenters. The van der Waals surface area contributed by atoms with Gasteiger partial charge in [-0.1, -0.05) is 11.6 Å². The zero-order chi connectivity index (χ0) is 20.8. The minimum Gasteiger partial charge on any atom is -0.495 e. The van der Waals surface area contributed by atoms with Gasteiger partial charge in [0.2, 0.25) is 5.91 Å². The largest absolute Gasteiger partial charge is 0.495 e. The van der Waals surface area contributed by atoms with Crippen LogP contribution in [0.1, 0.15) is 12.5 Å². The number of hydrogen-bond acceptors (Lipinski definition) is 5. The molecule has 0 aliphatic rings. The van der Waals surface area contributed by atoms with Gasteiger partial charge in [-0.15, -0.1) is 0 Å². The van der Waals surface area contributed by atoms with Gasteiger partial charge in [0.25, 0.3) is 0 Å². The van der Waals surface area contributed by atoms with Gasteiger partial charge in [-0.3, -0.25) is 4.79 Å². The maximum absolute atomic E-state index is 11.3. The lowest BCUT2D eigenvalue weighted by molar-refractivity contribution is -0.114. The first-order valence-corrected chi connectivity index (χ1v) is 9.03. The van der Waals surface area contributed by atoms with Crippen LogP contribution in [-0.4, -0.2) is 32.3 Å². The molecular weight excluding hydrogens is 402 g/mol. The highest BCUT2D eigenvalue weighted by atomic mass is 35.5. The minimum absolute atomic E-state index is 0.181. The average Bonchev–Trinajstić information content (AvgIpc) is 2.63. The summed E-state index contributed by atoms with van der Waals surface area (Å²) in [5, 5.41) is 9.66. The summed E-state index contributed by atoms with van der Waals surface area (Å²) in [6, 6.07) is 6.90. The van der Waals surface area contributed by atoms with E-state index < -0.39 is 0 Å². The first kappa shape index (κ1) is 21.6. The number of methoxy groups -OCH3 is 3. The molecule has 150 valence electrons. The number of rotatable bonds is 6. The number of carbonyl (C=O) groups is 1. The second-order valence-corrected chi connectivity index (χ2v) is 6.63. The van der Waals surface area contributed by atoms with Crippen molar-refractivity contribution in [2.24, 2.45) is 0 Å². The Bertz CT molecular complexity index is 905. The number of amides is 1. The fraction of sp³-hybridized carbons (Fsp3) is 0.263. The van der Waals surface area contributed by atoms with Gasteiger partial charge in [0.05, 0.1) is 37.7 Å². The van der Waals surface area contributed by atoms with E-state index in [1.807, 2.05) is 6.92 Å². The molecule has 0 fully saturated rings. The molecular formula is C19H22ClN3O4S. The maximum Gasteiger partial charge on any atom is 0.221 e. The number of ether oxygens (including phenoxy) is 3. The predicted octanol–water partition coefficient (Wildman–Crippen LogP) is 4.44. The number of carbonyl (C=O) groups excluding carboxylic acids is 1. The highest BCUT2D eigenvalue weighted by molar-refractivity contribution is 7.80. The lowest BCUT2D eigenvalue weighted by Gasteiger charge is -2.18. The Hall–Kier alpha value is -2.71. The van der Waals surface area contributed by atoms with E-state index in [1.54, 1.807) is 31.4 Å². The summed E-state index contributed by atoms with van der Waals surface area (Å²) < 4.78 is 15.9. The summed E-state index contributed by atoms with van der Waals surface area (Å²) in [5.74, 6) is 1.35. The van der Waals surface area contributed by atoms with Gasteiger partial charge in [0.1, 0.15) is 17.2 Å². The van der Waals surface area contributed by atoms with Crippen molar-refractivity contribution in [2.75, 3.05) is 37.3 Å². The highest BCUT2D eigenvalue weighted by Gasteiger charge is 2.13. The lowest BCUT2D eigenvalue weighted by Crippen LogP contribution is -2.20. The molecule has 0 heterocycles. The summed E-state index contributed by atoms with van der Waals surface area (Å²) >= 11 is 11.6. The topological polar surface area (TPSA) is 80.8 Å². The van der Waals surface area contributed by atoms with Crippen LogP contribution in [0.15, 0.2) is 24.3 Å². The van der Waals surface area contributed by atoms with E-state index in [-0.39, 0.29) is 5.91 Å². The van der Waals surface area contributed by atoms with Gasteiger partial charge < -0.3 is 30.2 Å². The Morgan fingerprint density at radius 2 is 1.39 bits per heavy atom. The number of halogens is 1. The molecule has 2 rings (SSSR count). The maximum atomic E-state index is 11.3. The van der Waals surface area contributed by atoms with Crippen molar-refractivity contribution in [1.82, 2.24) is 0 Å². The van der Waals surface area contributed by atoms with Crippen LogP contribution in [0.4, 0.5) is 17.1 Å². The molecule has 28 heavy (non-hydrogen) atoms. The van der Waals surface area contributed by atoms with Crippen LogP contribution in [-0.2, 0) is 4.79 Å². The first-order chi connectivity index (χ1) is 13.3. The average molecular weight is 424 g/mol. The molecule has 3 N–H and O–H groups in total. The molecule has 1 amide bonds. The van der Waals surface area contributed by atoms with Crippen molar-refractivity contribution in [1.29, 1.82) is 0 Å². The monoisotopic (exact) mass is 423 g/mol. The van der Waals surface area contributed by atoms with Crippen molar-refractivity contribution in [3.63, 3.8) is 0 Å². The van der Waals surface area contributed by atoms with Crippen LogP contribution in [0, 0.1) is 6.92 Å². The minimum atomic E-state index is -0.181. The van der Waals surface area contributed by atoms with Crippen LogP contribution in [0.25, 0.3) is 0 Å². The molecule has 0 aliphatic carbocycles. The van der Waals surface area contributed by atoms with Crippen molar-refractivity contribution >= 4 is 51.9 Å². The summed E-state index contributed by atoms with van der Waals surface area (Å²) in [6.45, 7) is 3.33. The molecule has 0 aromatic heterocycles. The normalized spacial score (nSPS) is 10.1. The number of thiocarbonyl (C=S) groups is 1. The van der Waals surface area contributed by atoms with Crippen LogP contribution >= 0.6 is 23.8 Å². The van der Waals surface area contributed by atoms with Gasteiger partial charge in [-0.25, -0.2) is 0 Å². The third kappa shape index (κ3) is 5.17. The number of hydrogen-bond donors (Lipinski definition) is 3. The standard InChI is InChI=1S/C19H22ClN3O4S/c1-10-6-14(21-11(2)24)17(26-4)8-13(10)22-19(28)23-15-7-12(20)16(25-3)9-18(15)27-5/h6-9H,1-5H3,(H,21,24)(H2,22,23,28). The zero-order valence-corrected chi connectivity index (χ0v) is 17.8. The fourth-order valence-electron chi connectivity index (χ4n) is 2.51. The molecule has 9 heteroatoms. The molecule has 0 saturated carbocycles. The van der Waals surface area contributed by atoms with Gasteiger partial charge in [0, 0.05) is 24.7 Å². The Kier molecular flexibility index (Phi) is 7.31. The summed E-state index contributed by atoms with van der Waals surface area (Å²) in [4.78, 5) is 11.3. The van der Waals surface area contributed by atoms with Crippen LogP contribution in [0.2, 0.25) is 5.02 Å². The Balaban J connectivity index is 2.24. The molecule has 0 bridgehead atoms. The lowest BCUT2D eigenvalue weighted by atomic mass is 10.1. The van der Waals surface area contributed by atoms with E-state index in [9.17, 15) is 4.79 Å². The Labute approximate surface area is 174 Å². The second kappa shape index (κ2) is 9.48. The molecule has 0 aliphatic heterocycles. The summed E-state index contributed by atoms with van der Waals surface area (Å²) in [6.07, 6.45) is 0. The molecule has 0 saturated heterocycles. The summed E-state index contributed by atoms with van der Waals surface area (Å²) in [7, 11) is 4.60. The van der Waals surface area contributed by atoms with Crippen molar-refractivity contribution < 1.29 is 19.0 Å². The van der Waals surface area contributed by atoms with Crippen LogP contribution < -0.4 is 30.2 Å². The van der Waals surface area contributed by atoms with Crippen molar-refractivity contribution in [3.05, 3.63) is 34.9 Å². The molecule has 0 atom stereocenters. The molecule has 7 nitrogen and oxygen atoms in total. The van der Waals surface area contributed by atoms with E-state index in [0.717, 1.165) is 11.3 Å². The number of anilines is 3. The van der Waals surface area contributed by atoms with E-state index in [2.05, 4.69) is 16.0 Å². The number of benzene rings is 2.